The lowest BCUT2D eigenvalue weighted by Gasteiger charge is -1.97. The number of hydrogen-bond donors (Lipinski definition) is 3. The molecule has 4 N–H and O–H groups in total. The molecule has 4 heteroatoms. The Labute approximate surface area is 71.2 Å². The minimum absolute atomic E-state index is 0.185. The molecule has 0 aliphatic carbocycles. The van der Waals surface area contributed by atoms with Gasteiger partial charge in [-0.25, -0.2) is 0 Å². The third kappa shape index (κ3) is 3.12. The van der Waals surface area contributed by atoms with Crippen LogP contribution in [0.5, 0.6) is 11.5 Å². The van der Waals surface area contributed by atoms with Crippen molar-refractivity contribution < 1.29 is 14.9 Å². The first-order chi connectivity index (χ1) is 5.63. The Morgan fingerprint density at radius 1 is 1.25 bits per heavy atom. The zero-order valence-electron chi connectivity index (χ0n) is 7.11. The van der Waals surface area contributed by atoms with Crippen LogP contribution in [-0.4, -0.2) is 24.4 Å². The van der Waals surface area contributed by atoms with Gasteiger partial charge in [0.1, 0.15) is 0 Å². The first-order valence-electron chi connectivity index (χ1n) is 3.30. The van der Waals surface area contributed by atoms with Gasteiger partial charge in [0.15, 0.2) is 11.5 Å². The van der Waals surface area contributed by atoms with Crippen LogP contribution >= 0.6 is 0 Å². The number of methoxy groups -OCH3 is 1. The zero-order chi connectivity index (χ0) is 9.56. The largest absolute Gasteiger partial charge is 0.504 e. The summed E-state index contributed by atoms with van der Waals surface area (Å²) in [5.74, 6) is -0.437. The lowest BCUT2D eigenvalue weighted by atomic mass is 10.3. The summed E-state index contributed by atoms with van der Waals surface area (Å²) in [4.78, 5) is 0. The number of phenols is 2. The molecule has 0 spiro atoms. The molecule has 0 saturated carbocycles. The molecule has 0 bridgehead atoms. The molecule has 0 fully saturated rings. The van der Waals surface area contributed by atoms with Gasteiger partial charge >= 0.3 is 0 Å². The SMILES string of the molecule is COC.Nc1cccc(O)c1O. The Hall–Kier alpha value is -1.42. The van der Waals surface area contributed by atoms with Crippen molar-refractivity contribution in [1.82, 2.24) is 0 Å². The summed E-state index contributed by atoms with van der Waals surface area (Å²) in [5, 5.41) is 17.6. The maximum absolute atomic E-state index is 8.83. The van der Waals surface area contributed by atoms with Crippen LogP contribution in [0.15, 0.2) is 18.2 Å². The standard InChI is InChI=1S/C6H7NO2.C2H6O/c7-4-2-1-3-5(8)6(4)9;1-3-2/h1-3,8-9H,7H2;1-2H3. The average molecular weight is 171 g/mol. The summed E-state index contributed by atoms with van der Waals surface area (Å²) in [5.41, 5.74) is 5.40. The first kappa shape index (κ1) is 10.6. The minimum Gasteiger partial charge on any atom is -0.504 e. The predicted octanol–water partition coefficient (Wildman–Crippen LogP) is 0.943. The summed E-state index contributed by atoms with van der Waals surface area (Å²) in [6.45, 7) is 0. The topological polar surface area (TPSA) is 75.7 Å². The highest BCUT2D eigenvalue weighted by Gasteiger charge is 1.98. The van der Waals surface area contributed by atoms with E-state index in [-0.39, 0.29) is 17.2 Å². The summed E-state index contributed by atoms with van der Waals surface area (Å²) < 4.78 is 4.25. The Morgan fingerprint density at radius 3 is 2.08 bits per heavy atom. The highest BCUT2D eigenvalue weighted by Crippen LogP contribution is 2.29. The van der Waals surface area contributed by atoms with Gasteiger partial charge in [-0.3, -0.25) is 0 Å². The fourth-order valence-corrected chi connectivity index (χ4v) is 0.549. The van der Waals surface area contributed by atoms with Gasteiger partial charge in [-0.1, -0.05) is 6.07 Å². The van der Waals surface area contributed by atoms with Gasteiger partial charge < -0.3 is 20.7 Å². The lowest BCUT2D eigenvalue weighted by molar-refractivity contribution is 0.277. The molecule has 0 atom stereocenters. The molecule has 4 nitrogen and oxygen atoms in total. The van der Waals surface area contributed by atoms with Crippen LogP contribution in [0.25, 0.3) is 0 Å². The van der Waals surface area contributed by atoms with Crippen molar-refractivity contribution in [3.63, 3.8) is 0 Å². The molecule has 12 heavy (non-hydrogen) atoms. The van der Waals surface area contributed by atoms with Gasteiger partial charge in [0.2, 0.25) is 0 Å². The second kappa shape index (κ2) is 5.26. The van der Waals surface area contributed by atoms with Crippen molar-refractivity contribution in [3.8, 4) is 11.5 Å². The number of phenolic OH excluding ortho intramolecular Hbond substituents is 2. The number of benzene rings is 1. The smallest absolute Gasteiger partial charge is 0.180 e. The molecule has 68 valence electrons. The zero-order valence-corrected chi connectivity index (χ0v) is 7.11. The third-order valence-corrected chi connectivity index (χ3v) is 1.05. The Morgan fingerprint density at radius 2 is 1.75 bits per heavy atom. The van der Waals surface area contributed by atoms with Crippen LogP contribution in [0.4, 0.5) is 5.69 Å². The molecule has 0 radical (unpaired) electrons. The van der Waals surface area contributed by atoms with Crippen molar-refractivity contribution in [3.05, 3.63) is 18.2 Å². The van der Waals surface area contributed by atoms with Gasteiger partial charge in [0.05, 0.1) is 5.69 Å². The second-order valence-electron chi connectivity index (χ2n) is 2.12. The fourth-order valence-electron chi connectivity index (χ4n) is 0.549. The molecule has 0 saturated heterocycles. The van der Waals surface area contributed by atoms with Crippen molar-refractivity contribution in [1.29, 1.82) is 0 Å². The van der Waals surface area contributed by atoms with E-state index in [9.17, 15) is 0 Å². The van der Waals surface area contributed by atoms with E-state index in [2.05, 4.69) is 4.74 Å². The number of nitrogen functional groups attached to an aromatic ring is 1. The van der Waals surface area contributed by atoms with Crippen LogP contribution in [0.2, 0.25) is 0 Å². The summed E-state index contributed by atoms with van der Waals surface area (Å²) in [6.07, 6.45) is 0. The van der Waals surface area contributed by atoms with E-state index in [1.807, 2.05) is 0 Å². The van der Waals surface area contributed by atoms with E-state index in [0.29, 0.717) is 0 Å². The van der Waals surface area contributed by atoms with Crippen molar-refractivity contribution in [2.45, 2.75) is 0 Å². The molecule has 1 aromatic rings. The van der Waals surface area contributed by atoms with E-state index in [0.717, 1.165) is 0 Å². The molecule has 0 unspecified atom stereocenters. The van der Waals surface area contributed by atoms with Crippen molar-refractivity contribution in [2.24, 2.45) is 0 Å². The van der Waals surface area contributed by atoms with E-state index in [4.69, 9.17) is 15.9 Å². The molecule has 0 amide bonds. The normalized spacial score (nSPS) is 8.50. The van der Waals surface area contributed by atoms with Gasteiger partial charge in [-0.05, 0) is 12.1 Å². The van der Waals surface area contributed by atoms with Crippen LogP contribution < -0.4 is 5.73 Å². The number of hydrogen-bond acceptors (Lipinski definition) is 4. The quantitative estimate of drug-likeness (QED) is 0.401. The number of para-hydroxylation sites is 1. The van der Waals surface area contributed by atoms with Crippen molar-refractivity contribution >= 4 is 5.69 Å². The minimum atomic E-state index is -0.252. The Kier molecular flexibility index (Phi) is 4.64. The molecule has 0 aliphatic heterocycles. The molecule has 0 aromatic heterocycles. The molecule has 1 aromatic carbocycles. The lowest BCUT2D eigenvalue weighted by Crippen LogP contribution is -1.83. The Balaban J connectivity index is 0.000000354. The molecule has 0 aliphatic rings. The van der Waals surface area contributed by atoms with Gasteiger partial charge in [0.25, 0.3) is 0 Å². The number of ether oxygens (including phenoxy) is 1. The third-order valence-electron chi connectivity index (χ3n) is 1.05. The van der Waals surface area contributed by atoms with Crippen LogP contribution in [0.3, 0.4) is 0 Å². The highest BCUT2D eigenvalue weighted by molar-refractivity contribution is 5.58. The number of rotatable bonds is 0. The van der Waals surface area contributed by atoms with Crippen molar-refractivity contribution in [2.75, 3.05) is 20.0 Å². The maximum atomic E-state index is 8.83. The second-order valence-corrected chi connectivity index (χ2v) is 2.12. The monoisotopic (exact) mass is 171 g/mol. The molecule has 0 heterocycles. The van der Waals surface area contributed by atoms with E-state index in [1.165, 1.54) is 12.1 Å². The number of nitrogens with two attached hydrogens (primary N) is 1. The fraction of sp³-hybridized carbons (Fsp3) is 0.250. The number of aromatic hydroxyl groups is 2. The molecular weight excluding hydrogens is 158 g/mol. The van der Waals surface area contributed by atoms with E-state index in [1.54, 1.807) is 20.3 Å². The van der Waals surface area contributed by atoms with Crippen LogP contribution in [-0.2, 0) is 4.74 Å². The van der Waals surface area contributed by atoms with Crippen LogP contribution in [0.1, 0.15) is 0 Å². The predicted molar refractivity (Wildman–Crippen MR) is 47.1 cm³/mol. The summed E-state index contributed by atoms with van der Waals surface area (Å²) in [7, 11) is 3.25. The maximum Gasteiger partial charge on any atom is 0.180 e. The number of anilines is 1. The van der Waals surface area contributed by atoms with E-state index >= 15 is 0 Å². The average Bonchev–Trinajstić information content (AvgIpc) is 2.02. The highest BCUT2D eigenvalue weighted by atomic mass is 16.4. The van der Waals surface area contributed by atoms with Gasteiger partial charge in [-0.2, -0.15) is 0 Å². The van der Waals surface area contributed by atoms with E-state index < -0.39 is 0 Å². The molecular formula is C8H13NO3. The first-order valence-corrected chi connectivity index (χ1v) is 3.30. The summed E-state index contributed by atoms with van der Waals surface area (Å²) in [6, 6.07) is 4.44. The summed E-state index contributed by atoms with van der Waals surface area (Å²) >= 11 is 0. The van der Waals surface area contributed by atoms with Gasteiger partial charge in [0, 0.05) is 14.2 Å². The molecule has 1 rings (SSSR count). The Bertz CT molecular complexity index is 217. The van der Waals surface area contributed by atoms with Crippen LogP contribution in [0, 0.1) is 0 Å². The van der Waals surface area contributed by atoms with Gasteiger partial charge in [-0.15, -0.1) is 0 Å².